The topological polar surface area (TPSA) is 71.1 Å². The van der Waals surface area contributed by atoms with Gasteiger partial charge in [-0.05, 0) is 24.6 Å². The zero-order valence-electron chi connectivity index (χ0n) is 12.1. The van der Waals surface area contributed by atoms with Crippen molar-refractivity contribution in [2.45, 2.75) is 13.3 Å². The van der Waals surface area contributed by atoms with Gasteiger partial charge >= 0.3 is 0 Å². The number of hydrogen-bond donors (Lipinski definition) is 2. The van der Waals surface area contributed by atoms with Gasteiger partial charge in [-0.25, -0.2) is 9.37 Å². The van der Waals surface area contributed by atoms with Crippen LogP contribution in [0.3, 0.4) is 0 Å². The fraction of sp³-hybridized carbons (Fsp3) is 0.267. The molecule has 2 aromatic rings. The third kappa shape index (κ3) is 4.63. The summed E-state index contributed by atoms with van der Waals surface area (Å²) in [6.07, 6.45) is 0.111. The van der Waals surface area contributed by atoms with Gasteiger partial charge in [-0.3, -0.25) is 9.59 Å². The third-order valence-electron chi connectivity index (χ3n) is 2.94. The van der Waals surface area contributed by atoms with E-state index >= 15 is 0 Å². The number of carbonyl (C=O) groups is 2. The Balaban J connectivity index is 1.69. The minimum atomic E-state index is -0.363. The van der Waals surface area contributed by atoms with Gasteiger partial charge < -0.3 is 10.6 Å². The summed E-state index contributed by atoms with van der Waals surface area (Å²) in [5.41, 5.74) is 2.92. The zero-order chi connectivity index (χ0) is 15.9. The van der Waals surface area contributed by atoms with Gasteiger partial charge in [0.2, 0.25) is 5.91 Å². The molecule has 0 spiro atoms. The molecule has 0 bridgehead atoms. The second kappa shape index (κ2) is 7.65. The van der Waals surface area contributed by atoms with Gasteiger partial charge in [-0.2, -0.15) is 0 Å². The van der Waals surface area contributed by atoms with Gasteiger partial charge in [0, 0.05) is 13.1 Å². The smallest absolute Gasteiger partial charge is 0.263 e. The number of benzene rings is 1. The molecule has 0 aliphatic heterocycles. The van der Waals surface area contributed by atoms with E-state index < -0.39 is 0 Å². The van der Waals surface area contributed by atoms with Crippen molar-refractivity contribution in [1.29, 1.82) is 0 Å². The maximum atomic E-state index is 13.0. The molecule has 0 fully saturated rings. The first-order chi connectivity index (χ1) is 10.6. The molecule has 0 aliphatic carbocycles. The average Bonchev–Trinajstić information content (AvgIpc) is 2.89. The number of aryl methyl sites for hydroxylation is 1. The first kappa shape index (κ1) is 16.1. The van der Waals surface area contributed by atoms with Crippen LogP contribution in [-0.2, 0) is 11.2 Å². The quantitative estimate of drug-likeness (QED) is 0.795. The van der Waals surface area contributed by atoms with Crippen LogP contribution >= 0.6 is 11.3 Å². The van der Waals surface area contributed by atoms with Gasteiger partial charge in [0.25, 0.3) is 5.91 Å². The van der Waals surface area contributed by atoms with Gasteiger partial charge in [-0.15, -0.1) is 11.3 Å². The van der Waals surface area contributed by atoms with E-state index in [2.05, 4.69) is 15.6 Å². The molecule has 0 unspecified atom stereocenters. The summed E-state index contributed by atoms with van der Waals surface area (Å²) in [7, 11) is 0. The van der Waals surface area contributed by atoms with Crippen molar-refractivity contribution in [3.8, 4) is 0 Å². The number of thiazole rings is 1. The highest BCUT2D eigenvalue weighted by molar-refractivity contribution is 7.11. The van der Waals surface area contributed by atoms with E-state index in [4.69, 9.17) is 0 Å². The van der Waals surface area contributed by atoms with Crippen molar-refractivity contribution in [2.24, 2.45) is 0 Å². The molecule has 0 radical (unpaired) electrons. The van der Waals surface area contributed by atoms with Crippen LogP contribution in [0.2, 0.25) is 0 Å². The molecule has 1 aromatic heterocycles. The molecule has 22 heavy (non-hydrogen) atoms. The molecule has 2 N–H and O–H groups in total. The second-order valence-electron chi connectivity index (χ2n) is 4.68. The predicted molar refractivity (Wildman–Crippen MR) is 82.3 cm³/mol. The number of hydrogen-bond acceptors (Lipinski definition) is 4. The number of amides is 2. The summed E-state index contributed by atoms with van der Waals surface area (Å²) in [5.74, 6) is -0.773. The molecular weight excluding hydrogens is 305 g/mol. The second-order valence-corrected chi connectivity index (χ2v) is 5.53. The monoisotopic (exact) mass is 321 g/mol. The zero-order valence-corrected chi connectivity index (χ0v) is 12.9. The van der Waals surface area contributed by atoms with Crippen molar-refractivity contribution in [1.82, 2.24) is 15.6 Å². The van der Waals surface area contributed by atoms with E-state index in [-0.39, 0.29) is 24.1 Å². The van der Waals surface area contributed by atoms with Crippen LogP contribution in [0.4, 0.5) is 4.39 Å². The highest BCUT2D eigenvalue weighted by Gasteiger charge is 2.10. The van der Waals surface area contributed by atoms with Crippen LogP contribution in [0.1, 0.15) is 20.9 Å². The van der Waals surface area contributed by atoms with Gasteiger partial charge in [0.05, 0.1) is 17.6 Å². The summed E-state index contributed by atoms with van der Waals surface area (Å²) < 4.78 is 13.0. The molecular formula is C15H16FN3O2S. The summed E-state index contributed by atoms with van der Waals surface area (Å²) in [4.78, 5) is 28.1. The van der Waals surface area contributed by atoms with Crippen LogP contribution in [0.5, 0.6) is 0 Å². The number of nitrogens with zero attached hydrogens (tertiary/aromatic N) is 1. The largest absolute Gasteiger partial charge is 0.354 e. The molecule has 0 saturated carbocycles. The van der Waals surface area contributed by atoms with E-state index in [1.54, 1.807) is 24.6 Å². The number of rotatable bonds is 6. The lowest BCUT2D eigenvalue weighted by molar-refractivity contribution is -0.120. The number of aromatic nitrogens is 1. The third-order valence-corrected chi connectivity index (χ3v) is 3.87. The first-order valence-corrected chi connectivity index (χ1v) is 7.63. The molecule has 1 heterocycles. The minimum Gasteiger partial charge on any atom is -0.354 e. The van der Waals surface area contributed by atoms with Crippen LogP contribution in [0, 0.1) is 12.7 Å². The Morgan fingerprint density at radius 1 is 1.27 bits per heavy atom. The SMILES string of the molecule is Cc1ncsc1C(=O)NCCNC(=O)Cc1cccc(F)c1. The Kier molecular flexibility index (Phi) is 5.60. The Hall–Kier alpha value is -2.28. The maximum Gasteiger partial charge on any atom is 0.263 e. The average molecular weight is 321 g/mol. The highest BCUT2D eigenvalue weighted by atomic mass is 32.1. The molecule has 0 atom stereocenters. The van der Waals surface area contributed by atoms with Crippen molar-refractivity contribution in [2.75, 3.05) is 13.1 Å². The molecule has 0 saturated heterocycles. The number of carbonyl (C=O) groups excluding carboxylic acids is 2. The lowest BCUT2D eigenvalue weighted by Crippen LogP contribution is -2.35. The van der Waals surface area contributed by atoms with Gasteiger partial charge in [0.1, 0.15) is 10.7 Å². The molecule has 7 heteroatoms. The lowest BCUT2D eigenvalue weighted by Gasteiger charge is -2.07. The number of halogens is 1. The van der Waals surface area contributed by atoms with Crippen LogP contribution in [-0.4, -0.2) is 29.9 Å². The standard InChI is InChI=1S/C15H16FN3O2S/c1-10-14(22-9-19-10)15(21)18-6-5-17-13(20)8-11-3-2-4-12(16)7-11/h2-4,7,9H,5-6,8H2,1H3,(H,17,20)(H,18,21). The van der Waals surface area contributed by atoms with E-state index in [9.17, 15) is 14.0 Å². The summed E-state index contributed by atoms with van der Waals surface area (Å²) in [6.45, 7) is 2.41. The van der Waals surface area contributed by atoms with Crippen molar-refractivity contribution >= 4 is 23.2 Å². The molecule has 2 rings (SSSR count). The Morgan fingerprint density at radius 2 is 2.05 bits per heavy atom. The van der Waals surface area contributed by atoms with Gasteiger partial charge in [0.15, 0.2) is 0 Å². The van der Waals surface area contributed by atoms with Crippen molar-refractivity contribution in [3.05, 3.63) is 51.7 Å². The minimum absolute atomic E-state index is 0.111. The van der Waals surface area contributed by atoms with Crippen molar-refractivity contribution < 1.29 is 14.0 Å². The highest BCUT2D eigenvalue weighted by Crippen LogP contribution is 2.11. The fourth-order valence-corrected chi connectivity index (χ4v) is 2.59. The predicted octanol–water partition coefficient (Wildman–Crippen LogP) is 1.68. The van der Waals surface area contributed by atoms with Gasteiger partial charge in [-0.1, -0.05) is 12.1 Å². The van der Waals surface area contributed by atoms with Crippen molar-refractivity contribution in [3.63, 3.8) is 0 Å². The van der Waals surface area contributed by atoms with Crippen LogP contribution < -0.4 is 10.6 Å². The Bertz CT molecular complexity index is 672. The first-order valence-electron chi connectivity index (χ1n) is 6.75. The van der Waals surface area contributed by atoms with E-state index in [0.717, 1.165) is 0 Å². The fourth-order valence-electron chi connectivity index (χ4n) is 1.87. The molecule has 0 aliphatic rings. The summed E-state index contributed by atoms with van der Waals surface area (Å²) in [5, 5.41) is 5.39. The lowest BCUT2D eigenvalue weighted by atomic mass is 10.1. The van der Waals surface area contributed by atoms with E-state index in [0.29, 0.717) is 29.2 Å². The number of nitrogens with one attached hydrogen (secondary N) is 2. The van der Waals surface area contributed by atoms with Crippen LogP contribution in [0.25, 0.3) is 0 Å². The summed E-state index contributed by atoms with van der Waals surface area (Å²) >= 11 is 1.28. The Labute approximate surface area is 131 Å². The summed E-state index contributed by atoms with van der Waals surface area (Å²) in [6, 6.07) is 5.92. The normalized spacial score (nSPS) is 10.3. The molecule has 5 nitrogen and oxygen atoms in total. The van der Waals surface area contributed by atoms with E-state index in [1.807, 2.05) is 0 Å². The maximum absolute atomic E-state index is 13.0. The van der Waals surface area contributed by atoms with Crippen LogP contribution in [0.15, 0.2) is 29.8 Å². The molecule has 2 amide bonds. The van der Waals surface area contributed by atoms with E-state index in [1.165, 1.54) is 23.5 Å². The molecule has 116 valence electrons. The molecule has 1 aromatic carbocycles. The Morgan fingerprint density at radius 3 is 2.73 bits per heavy atom.